The van der Waals surface area contributed by atoms with E-state index in [1.165, 1.54) is 23.2 Å². The molecule has 4 heterocycles. The van der Waals surface area contributed by atoms with Crippen molar-refractivity contribution in [3.05, 3.63) is 78.4 Å². The molecule has 0 fully saturated rings. The van der Waals surface area contributed by atoms with Gasteiger partial charge in [-0.15, -0.1) is 0 Å². The van der Waals surface area contributed by atoms with Crippen LogP contribution in [0.5, 0.6) is 0 Å². The minimum atomic E-state index is -4.57. The Morgan fingerprint density at radius 1 is 1.00 bits per heavy atom. The number of carbonyl (C=O) groups excluding carboxylic acids is 1. The summed E-state index contributed by atoms with van der Waals surface area (Å²) in [5, 5.41) is 11.6. The SMILES string of the molecule is CC.Cc1c(-c2ccnc(C(F)(F)F)c2)ncn1CC(=O)Nc1ccc(-c2ccnc(C#N)c2)cn1. The number of carbonyl (C=O) groups is 1. The van der Waals surface area contributed by atoms with E-state index in [4.69, 9.17) is 5.26 Å². The highest BCUT2D eigenvalue weighted by Crippen LogP contribution is 2.31. The number of hydrogen-bond acceptors (Lipinski definition) is 6. The Hall–Kier alpha value is -4.59. The van der Waals surface area contributed by atoms with E-state index in [1.54, 1.807) is 37.4 Å². The van der Waals surface area contributed by atoms with Gasteiger partial charge in [0, 0.05) is 35.4 Å². The molecule has 0 aliphatic carbocycles. The number of amides is 1. The lowest BCUT2D eigenvalue weighted by atomic mass is 10.1. The van der Waals surface area contributed by atoms with Crippen LogP contribution >= 0.6 is 0 Å². The van der Waals surface area contributed by atoms with Crippen molar-refractivity contribution in [2.24, 2.45) is 0 Å². The van der Waals surface area contributed by atoms with Gasteiger partial charge in [0.05, 0.1) is 12.0 Å². The number of nitriles is 1. The summed E-state index contributed by atoms with van der Waals surface area (Å²) in [4.78, 5) is 28.2. The second kappa shape index (κ2) is 11.2. The summed E-state index contributed by atoms with van der Waals surface area (Å²) in [6.07, 6.45) is 0.996. The average Bonchev–Trinajstić information content (AvgIpc) is 3.25. The van der Waals surface area contributed by atoms with Crippen molar-refractivity contribution >= 4 is 11.7 Å². The van der Waals surface area contributed by atoms with Crippen LogP contribution in [0.15, 0.2) is 61.3 Å². The normalized spacial score (nSPS) is 10.7. The Morgan fingerprint density at radius 2 is 1.72 bits per heavy atom. The fourth-order valence-corrected chi connectivity index (χ4v) is 3.27. The van der Waals surface area contributed by atoms with Crippen molar-refractivity contribution in [2.75, 3.05) is 5.32 Å². The van der Waals surface area contributed by atoms with Gasteiger partial charge >= 0.3 is 6.18 Å². The molecule has 0 spiro atoms. The Kier molecular flexibility index (Phi) is 8.11. The molecule has 1 N–H and O–H groups in total. The monoisotopic (exact) mass is 493 g/mol. The van der Waals surface area contributed by atoms with Crippen LogP contribution in [0.4, 0.5) is 19.0 Å². The molecular formula is C25H22F3N7O. The second-order valence-electron chi connectivity index (χ2n) is 7.26. The number of imidazole rings is 1. The predicted octanol–water partition coefficient (Wildman–Crippen LogP) is 5.27. The molecule has 0 unspecified atom stereocenters. The Morgan fingerprint density at radius 3 is 2.39 bits per heavy atom. The molecule has 0 aromatic carbocycles. The molecule has 4 aromatic rings. The Balaban J connectivity index is 0.00000176. The zero-order chi connectivity index (χ0) is 26.3. The number of pyridine rings is 3. The largest absolute Gasteiger partial charge is 0.433 e. The summed E-state index contributed by atoms with van der Waals surface area (Å²) in [7, 11) is 0. The van der Waals surface area contributed by atoms with Gasteiger partial charge in [0.15, 0.2) is 0 Å². The number of anilines is 1. The van der Waals surface area contributed by atoms with E-state index in [0.717, 1.165) is 23.4 Å². The molecule has 11 heteroatoms. The quantitative estimate of drug-likeness (QED) is 0.406. The van der Waals surface area contributed by atoms with Gasteiger partial charge in [0.1, 0.15) is 29.8 Å². The van der Waals surface area contributed by atoms with Crippen LogP contribution in [-0.2, 0) is 17.5 Å². The highest BCUT2D eigenvalue weighted by Gasteiger charge is 2.32. The third-order valence-electron chi connectivity index (χ3n) is 4.98. The Labute approximate surface area is 205 Å². The van der Waals surface area contributed by atoms with Crippen molar-refractivity contribution in [3.63, 3.8) is 0 Å². The summed E-state index contributed by atoms with van der Waals surface area (Å²) < 4.78 is 40.4. The number of halogens is 3. The van der Waals surface area contributed by atoms with E-state index in [9.17, 15) is 18.0 Å². The molecule has 4 rings (SSSR count). The van der Waals surface area contributed by atoms with E-state index in [-0.39, 0.29) is 23.7 Å². The van der Waals surface area contributed by atoms with Crippen LogP contribution in [0.25, 0.3) is 22.4 Å². The van der Waals surface area contributed by atoms with Gasteiger partial charge in [-0.2, -0.15) is 18.4 Å². The zero-order valence-electron chi connectivity index (χ0n) is 19.7. The standard InChI is InChI=1S/C23H16F3N7O.C2H6/c1-14-22(16-5-7-29-19(9-16)23(24,25)26)31-13-33(14)12-21(34)32-20-3-2-17(11-30-20)15-4-6-28-18(8-15)10-27;1-2/h2-9,11,13H,12H2,1H3,(H,30,32,34);1-2H3. The Bertz CT molecular complexity index is 1390. The second-order valence-corrected chi connectivity index (χ2v) is 7.26. The summed E-state index contributed by atoms with van der Waals surface area (Å²) in [5.74, 6) is -0.0565. The first-order chi connectivity index (χ1) is 17.2. The lowest BCUT2D eigenvalue weighted by molar-refractivity contribution is -0.141. The maximum atomic E-state index is 13.0. The van der Waals surface area contributed by atoms with E-state index in [1.807, 2.05) is 19.9 Å². The molecule has 8 nitrogen and oxygen atoms in total. The lowest BCUT2D eigenvalue weighted by Gasteiger charge is -2.09. The molecule has 0 saturated carbocycles. The van der Waals surface area contributed by atoms with Crippen molar-refractivity contribution in [1.29, 1.82) is 5.26 Å². The predicted molar refractivity (Wildman–Crippen MR) is 127 cm³/mol. The number of aromatic nitrogens is 5. The maximum Gasteiger partial charge on any atom is 0.433 e. The fourth-order valence-electron chi connectivity index (χ4n) is 3.27. The zero-order valence-corrected chi connectivity index (χ0v) is 19.7. The molecular weight excluding hydrogens is 471 g/mol. The fraction of sp³-hybridized carbons (Fsp3) is 0.200. The molecule has 0 radical (unpaired) electrons. The van der Waals surface area contributed by atoms with Crippen molar-refractivity contribution in [2.45, 2.75) is 33.5 Å². The first-order valence-corrected chi connectivity index (χ1v) is 10.9. The van der Waals surface area contributed by atoms with Gasteiger partial charge in [-0.25, -0.2) is 15.0 Å². The van der Waals surface area contributed by atoms with Crippen molar-refractivity contribution in [3.8, 4) is 28.5 Å². The van der Waals surface area contributed by atoms with Gasteiger partial charge < -0.3 is 9.88 Å². The van der Waals surface area contributed by atoms with Crippen molar-refractivity contribution in [1.82, 2.24) is 24.5 Å². The van der Waals surface area contributed by atoms with Crippen LogP contribution in [0, 0.1) is 18.3 Å². The molecule has 0 atom stereocenters. The van der Waals surface area contributed by atoms with Gasteiger partial charge in [-0.05, 0) is 48.9 Å². The third-order valence-corrected chi connectivity index (χ3v) is 4.98. The molecule has 36 heavy (non-hydrogen) atoms. The van der Waals surface area contributed by atoms with Gasteiger partial charge in [-0.3, -0.25) is 9.78 Å². The molecule has 4 aromatic heterocycles. The van der Waals surface area contributed by atoms with Gasteiger partial charge in [0.25, 0.3) is 0 Å². The van der Waals surface area contributed by atoms with Gasteiger partial charge in [0.2, 0.25) is 5.91 Å². The van der Waals surface area contributed by atoms with E-state index in [2.05, 4.69) is 25.3 Å². The summed E-state index contributed by atoms with van der Waals surface area (Å²) >= 11 is 0. The molecule has 1 amide bonds. The first-order valence-electron chi connectivity index (χ1n) is 10.9. The summed E-state index contributed by atoms with van der Waals surface area (Å²) in [6.45, 7) is 5.57. The smallest absolute Gasteiger partial charge is 0.325 e. The maximum absolute atomic E-state index is 13.0. The number of nitrogens with one attached hydrogen (secondary N) is 1. The topological polar surface area (TPSA) is 109 Å². The highest BCUT2D eigenvalue weighted by molar-refractivity contribution is 5.90. The molecule has 0 bridgehead atoms. The number of hydrogen-bond donors (Lipinski definition) is 1. The van der Waals surface area contributed by atoms with Crippen LogP contribution in [0.2, 0.25) is 0 Å². The molecule has 184 valence electrons. The summed E-state index contributed by atoms with van der Waals surface area (Å²) in [6, 6.07) is 11.1. The first kappa shape index (κ1) is 26.0. The van der Waals surface area contributed by atoms with Crippen LogP contribution in [-0.4, -0.2) is 30.4 Å². The number of nitrogens with zero attached hydrogens (tertiary/aromatic N) is 6. The van der Waals surface area contributed by atoms with Crippen LogP contribution in [0.1, 0.15) is 30.9 Å². The van der Waals surface area contributed by atoms with Crippen molar-refractivity contribution < 1.29 is 18.0 Å². The molecule has 0 aliphatic heterocycles. The van der Waals surface area contributed by atoms with Crippen LogP contribution < -0.4 is 5.32 Å². The minimum absolute atomic E-state index is 0.102. The van der Waals surface area contributed by atoms with Crippen LogP contribution in [0.3, 0.4) is 0 Å². The highest BCUT2D eigenvalue weighted by atomic mass is 19.4. The molecule has 0 aliphatic rings. The van der Waals surface area contributed by atoms with E-state index < -0.39 is 11.9 Å². The average molecular weight is 493 g/mol. The summed E-state index contributed by atoms with van der Waals surface area (Å²) in [5.41, 5.74) is 1.91. The third kappa shape index (κ3) is 6.09. The van der Waals surface area contributed by atoms with E-state index >= 15 is 0 Å². The lowest BCUT2D eigenvalue weighted by Crippen LogP contribution is -2.19. The number of alkyl halides is 3. The van der Waals surface area contributed by atoms with E-state index in [0.29, 0.717) is 17.2 Å². The van der Waals surface area contributed by atoms with Gasteiger partial charge in [-0.1, -0.05) is 13.8 Å². The minimum Gasteiger partial charge on any atom is -0.325 e. The molecule has 0 saturated heterocycles. The number of rotatable bonds is 5.